The minimum Gasteiger partial charge on any atom is -0.387 e. The molecule has 0 aromatic carbocycles. The summed E-state index contributed by atoms with van der Waals surface area (Å²) in [6.45, 7) is 3.82. The molecule has 1 amide bonds. The van der Waals surface area contributed by atoms with Gasteiger partial charge in [0.15, 0.2) is 0 Å². The predicted octanol–water partition coefficient (Wildman–Crippen LogP) is 9.66. The predicted molar refractivity (Wildman–Crippen MR) is 207 cm³/mol. The van der Waals surface area contributed by atoms with Crippen molar-refractivity contribution in [2.75, 3.05) is 19.8 Å². The molecule has 0 aliphatic heterocycles. The first-order valence-corrected chi connectivity index (χ1v) is 19.9. The van der Waals surface area contributed by atoms with E-state index in [-0.39, 0.29) is 25.7 Å². The van der Waals surface area contributed by atoms with E-state index in [0.717, 1.165) is 96.3 Å². The molecule has 0 fully saturated rings. The highest BCUT2D eigenvalue weighted by Crippen LogP contribution is 2.43. The lowest BCUT2D eigenvalue weighted by molar-refractivity contribution is -0.123. The monoisotopic (exact) mass is 702 g/mol. The molecule has 3 unspecified atom stereocenters. The van der Waals surface area contributed by atoms with Crippen molar-refractivity contribution < 1.29 is 28.4 Å². The van der Waals surface area contributed by atoms with Gasteiger partial charge in [0.05, 0.1) is 25.4 Å². The van der Waals surface area contributed by atoms with Gasteiger partial charge in [-0.2, -0.15) is 0 Å². The van der Waals surface area contributed by atoms with Crippen LogP contribution in [0.5, 0.6) is 0 Å². The quantitative estimate of drug-likeness (QED) is 0.0312. The zero-order valence-electron chi connectivity index (χ0n) is 30.4. The molecule has 0 bridgehead atoms. The van der Waals surface area contributed by atoms with Gasteiger partial charge in [-0.1, -0.05) is 130 Å². The van der Waals surface area contributed by atoms with Crippen molar-refractivity contribution >= 4 is 13.7 Å². The summed E-state index contributed by atoms with van der Waals surface area (Å²) in [7, 11) is -4.35. The SMILES string of the molecule is CC/C=C\C/C=C\C/C=C\C/C=C\C/C=C\C/C=C\CCCCCCC(=O)NC(COP(=O)(O)OCCN)C(O)/C=C/CC/C=C/CCC. The molecule has 0 aliphatic carbocycles. The molecule has 0 rings (SSSR count). The number of aliphatic hydroxyl groups is 1. The molecule has 0 aromatic heterocycles. The molecule has 0 spiro atoms. The highest BCUT2D eigenvalue weighted by atomic mass is 31.2. The topological polar surface area (TPSA) is 131 Å². The lowest BCUT2D eigenvalue weighted by atomic mass is 10.1. The molecule has 0 aromatic rings. The fourth-order valence-electron chi connectivity index (χ4n) is 4.39. The van der Waals surface area contributed by atoms with E-state index < -0.39 is 20.0 Å². The fraction of sp³-hybridized carbons (Fsp3) is 0.575. The summed E-state index contributed by atoms with van der Waals surface area (Å²) in [4.78, 5) is 22.5. The Labute approximate surface area is 298 Å². The van der Waals surface area contributed by atoms with Crippen LogP contribution in [0.1, 0.15) is 117 Å². The summed E-state index contributed by atoms with van der Waals surface area (Å²) >= 11 is 0. The molecule has 0 saturated heterocycles. The number of aliphatic hydroxyl groups excluding tert-OH is 1. The molecule has 49 heavy (non-hydrogen) atoms. The number of hydrogen-bond acceptors (Lipinski definition) is 6. The number of nitrogens with one attached hydrogen (secondary N) is 1. The summed E-state index contributed by atoms with van der Waals surface area (Å²) in [6.07, 6.45) is 47.7. The Morgan fingerprint density at radius 1 is 0.694 bits per heavy atom. The normalized spacial score (nSPS) is 15.4. The first-order valence-electron chi connectivity index (χ1n) is 18.4. The number of amides is 1. The Morgan fingerprint density at radius 3 is 1.78 bits per heavy atom. The fourth-order valence-corrected chi connectivity index (χ4v) is 5.15. The summed E-state index contributed by atoms with van der Waals surface area (Å²) in [6, 6.07) is -0.894. The van der Waals surface area contributed by atoms with Crippen LogP contribution in [0.15, 0.2) is 97.2 Å². The van der Waals surface area contributed by atoms with Crippen molar-refractivity contribution in [3.05, 3.63) is 97.2 Å². The Balaban J connectivity index is 4.25. The Morgan fingerprint density at radius 2 is 1.20 bits per heavy atom. The van der Waals surface area contributed by atoms with Gasteiger partial charge in [0.2, 0.25) is 5.91 Å². The lowest BCUT2D eigenvalue weighted by Crippen LogP contribution is -2.45. The van der Waals surface area contributed by atoms with Gasteiger partial charge in [0.25, 0.3) is 0 Å². The summed E-state index contributed by atoms with van der Waals surface area (Å²) in [5, 5.41) is 13.4. The molecule has 0 radical (unpaired) electrons. The molecular formula is C40H67N2O6P. The molecule has 0 heterocycles. The van der Waals surface area contributed by atoms with E-state index >= 15 is 0 Å². The van der Waals surface area contributed by atoms with Gasteiger partial charge in [-0.05, 0) is 77.0 Å². The zero-order chi connectivity index (χ0) is 36.1. The first-order chi connectivity index (χ1) is 23.9. The van der Waals surface area contributed by atoms with Gasteiger partial charge in [0.1, 0.15) is 0 Å². The van der Waals surface area contributed by atoms with E-state index in [2.05, 4.69) is 104 Å². The molecule has 0 saturated carbocycles. The molecule has 0 aliphatic rings. The van der Waals surface area contributed by atoms with Gasteiger partial charge in [0, 0.05) is 13.0 Å². The number of phosphoric acid groups is 1. The number of nitrogens with two attached hydrogens (primary N) is 1. The summed E-state index contributed by atoms with van der Waals surface area (Å²) in [5.74, 6) is -0.240. The van der Waals surface area contributed by atoms with Crippen molar-refractivity contribution in [2.45, 2.75) is 129 Å². The molecule has 9 heteroatoms. The second-order valence-electron chi connectivity index (χ2n) is 11.7. The molecule has 278 valence electrons. The van der Waals surface area contributed by atoms with E-state index in [1.54, 1.807) is 6.08 Å². The van der Waals surface area contributed by atoms with E-state index in [0.29, 0.717) is 6.42 Å². The van der Waals surface area contributed by atoms with Crippen LogP contribution in [-0.4, -0.2) is 47.8 Å². The Bertz CT molecular complexity index is 1080. The summed E-state index contributed by atoms with van der Waals surface area (Å²) < 4.78 is 21.9. The Kier molecular flexibility index (Phi) is 33.4. The van der Waals surface area contributed by atoms with E-state index in [9.17, 15) is 19.4 Å². The van der Waals surface area contributed by atoms with Crippen LogP contribution in [0.2, 0.25) is 0 Å². The average Bonchev–Trinajstić information content (AvgIpc) is 3.09. The molecule has 8 nitrogen and oxygen atoms in total. The van der Waals surface area contributed by atoms with Crippen LogP contribution >= 0.6 is 7.82 Å². The number of hydrogen-bond donors (Lipinski definition) is 4. The van der Waals surface area contributed by atoms with Crippen LogP contribution in [-0.2, 0) is 18.4 Å². The van der Waals surface area contributed by atoms with Crippen LogP contribution in [0.4, 0.5) is 0 Å². The standard InChI is InChI=1S/C40H67N2O6P/c1-3-5-7-9-11-12-13-14-15-16-17-18-19-20-21-22-23-24-25-26-28-30-32-34-40(44)42-38(37-48-49(45,46)47-36-35-41)39(43)33-31-29-27-10-8-6-4-2/h5,7-8,10-12,14-15,17-18,20-21,23-24,31,33,38-39,43H,3-4,6,9,13,16,19,22,25-30,32,34-37,41H2,1-2H3,(H,42,44)(H,45,46)/b7-5-,10-8+,12-11-,15-14-,18-17-,21-20-,24-23-,33-31+. The number of carbonyl (C=O) groups excluding carboxylic acids is 1. The lowest BCUT2D eigenvalue weighted by Gasteiger charge is -2.23. The molecule has 3 atom stereocenters. The number of carbonyl (C=O) groups is 1. The third-order valence-corrected chi connectivity index (χ3v) is 8.11. The summed E-state index contributed by atoms with van der Waals surface area (Å²) in [5.41, 5.74) is 5.33. The largest absolute Gasteiger partial charge is 0.472 e. The van der Waals surface area contributed by atoms with Crippen molar-refractivity contribution in [1.82, 2.24) is 5.32 Å². The third-order valence-electron chi connectivity index (χ3n) is 7.12. The second-order valence-corrected chi connectivity index (χ2v) is 13.1. The first kappa shape index (κ1) is 46.4. The average molecular weight is 703 g/mol. The van der Waals surface area contributed by atoms with E-state index in [1.165, 1.54) is 0 Å². The third kappa shape index (κ3) is 33.7. The van der Waals surface area contributed by atoms with Crippen LogP contribution in [0, 0.1) is 0 Å². The van der Waals surface area contributed by atoms with Crippen LogP contribution in [0.25, 0.3) is 0 Å². The Hall–Kier alpha value is -2.58. The van der Waals surface area contributed by atoms with Crippen molar-refractivity contribution in [3.8, 4) is 0 Å². The van der Waals surface area contributed by atoms with Gasteiger partial charge in [-0.3, -0.25) is 13.8 Å². The number of allylic oxidation sites excluding steroid dienone is 15. The second kappa shape index (κ2) is 35.3. The van der Waals surface area contributed by atoms with Gasteiger partial charge < -0.3 is 21.1 Å². The number of unbranched alkanes of at least 4 members (excludes halogenated alkanes) is 6. The molecular weight excluding hydrogens is 635 g/mol. The smallest absolute Gasteiger partial charge is 0.387 e. The van der Waals surface area contributed by atoms with E-state index in [4.69, 9.17) is 14.8 Å². The molecule has 5 N–H and O–H groups in total. The van der Waals surface area contributed by atoms with Crippen LogP contribution in [0.3, 0.4) is 0 Å². The van der Waals surface area contributed by atoms with Crippen LogP contribution < -0.4 is 11.1 Å². The van der Waals surface area contributed by atoms with E-state index in [1.807, 2.05) is 6.08 Å². The number of rotatable bonds is 32. The zero-order valence-corrected chi connectivity index (χ0v) is 31.3. The maximum Gasteiger partial charge on any atom is 0.472 e. The maximum absolute atomic E-state index is 12.6. The van der Waals surface area contributed by atoms with Gasteiger partial charge in [-0.15, -0.1) is 0 Å². The highest BCUT2D eigenvalue weighted by molar-refractivity contribution is 7.47. The minimum absolute atomic E-state index is 0.0630. The maximum atomic E-state index is 12.6. The minimum atomic E-state index is -4.35. The van der Waals surface area contributed by atoms with Crippen molar-refractivity contribution in [3.63, 3.8) is 0 Å². The number of phosphoric ester groups is 1. The van der Waals surface area contributed by atoms with Gasteiger partial charge in [-0.25, -0.2) is 4.57 Å². The highest BCUT2D eigenvalue weighted by Gasteiger charge is 2.26. The van der Waals surface area contributed by atoms with Crippen molar-refractivity contribution in [1.29, 1.82) is 0 Å². The van der Waals surface area contributed by atoms with Gasteiger partial charge >= 0.3 is 7.82 Å². The van der Waals surface area contributed by atoms with Crippen molar-refractivity contribution in [2.24, 2.45) is 5.73 Å².